The summed E-state index contributed by atoms with van der Waals surface area (Å²) in [5, 5.41) is 3.95. The fourth-order valence-corrected chi connectivity index (χ4v) is 5.12. The fraction of sp³-hybridized carbons (Fsp3) is 0.179. The van der Waals surface area contributed by atoms with Gasteiger partial charge in [0.1, 0.15) is 0 Å². The van der Waals surface area contributed by atoms with Gasteiger partial charge in [0.25, 0.3) is 5.91 Å². The number of hydrogen-bond donors (Lipinski definition) is 1. The number of pyridine rings is 1. The van der Waals surface area contributed by atoms with E-state index in [1.807, 2.05) is 42.5 Å². The van der Waals surface area contributed by atoms with Crippen molar-refractivity contribution in [2.24, 2.45) is 0 Å². The molecule has 1 aliphatic rings. The molecular weight excluding hydrogens is 483 g/mol. The van der Waals surface area contributed by atoms with Crippen molar-refractivity contribution >= 4 is 51.7 Å². The highest BCUT2D eigenvalue weighted by Crippen LogP contribution is 2.36. The number of nitrogens with zero attached hydrogens (tertiary/aromatic N) is 1. The van der Waals surface area contributed by atoms with Crippen molar-refractivity contribution in [3.8, 4) is 0 Å². The van der Waals surface area contributed by atoms with Crippen molar-refractivity contribution in [1.82, 2.24) is 4.98 Å². The number of ether oxygens (including phenoxy) is 1. The molecule has 176 valence electrons. The fourth-order valence-electron chi connectivity index (χ4n) is 4.63. The van der Waals surface area contributed by atoms with Crippen LogP contribution < -0.4 is 5.32 Å². The Morgan fingerprint density at radius 1 is 0.943 bits per heavy atom. The average molecular weight is 505 g/mol. The topological polar surface area (TPSA) is 68.3 Å². The van der Waals surface area contributed by atoms with E-state index in [0.717, 1.165) is 35.0 Å². The first-order chi connectivity index (χ1) is 17.0. The molecule has 1 aliphatic carbocycles. The molecule has 5 nitrogen and oxygen atoms in total. The van der Waals surface area contributed by atoms with Crippen LogP contribution in [0.25, 0.3) is 10.9 Å². The van der Waals surface area contributed by atoms with Crippen LogP contribution in [0.15, 0.2) is 72.8 Å². The van der Waals surface area contributed by atoms with E-state index in [0.29, 0.717) is 22.0 Å². The number of halogens is 2. The molecule has 3 aromatic carbocycles. The Morgan fingerprint density at radius 3 is 2.43 bits per heavy atom. The third kappa shape index (κ3) is 4.88. The van der Waals surface area contributed by atoms with Crippen molar-refractivity contribution < 1.29 is 14.3 Å². The van der Waals surface area contributed by atoms with Gasteiger partial charge in [0.2, 0.25) is 0 Å². The molecule has 5 rings (SSSR count). The van der Waals surface area contributed by atoms with Crippen LogP contribution in [-0.2, 0) is 22.4 Å². The number of anilines is 1. The summed E-state index contributed by atoms with van der Waals surface area (Å²) < 4.78 is 5.49. The van der Waals surface area contributed by atoms with Crippen molar-refractivity contribution in [2.45, 2.75) is 25.2 Å². The molecule has 1 N–H and O–H groups in total. The highest BCUT2D eigenvalue weighted by Gasteiger charge is 2.28. The maximum absolute atomic E-state index is 13.4. The molecule has 35 heavy (non-hydrogen) atoms. The lowest BCUT2D eigenvalue weighted by Gasteiger charge is -2.27. The number of aromatic nitrogens is 1. The number of para-hydroxylation sites is 2. The number of carbonyl (C=O) groups excluding carboxylic acids is 2. The maximum atomic E-state index is 13.4. The number of hydrogen-bond acceptors (Lipinski definition) is 4. The van der Waals surface area contributed by atoms with Gasteiger partial charge in [0.05, 0.1) is 26.8 Å². The van der Waals surface area contributed by atoms with Crippen LogP contribution in [-0.4, -0.2) is 23.5 Å². The van der Waals surface area contributed by atoms with Crippen LogP contribution >= 0.6 is 23.2 Å². The van der Waals surface area contributed by atoms with Gasteiger partial charge in [-0.3, -0.25) is 9.78 Å². The van der Waals surface area contributed by atoms with Gasteiger partial charge in [-0.25, -0.2) is 4.79 Å². The summed E-state index contributed by atoms with van der Waals surface area (Å²) in [6, 6.07) is 22.7. The zero-order valence-corrected chi connectivity index (χ0v) is 20.3. The average Bonchev–Trinajstić information content (AvgIpc) is 2.88. The third-order valence-electron chi connectivity index (χ3n) is 6.30. The van der Waals surface area contributed by atoms with Gasteiger partial charge in [0.15, 0.2) is 6.61 Å². The van der Waals surface area contributed by atoms with Crippen LogP contribution in [0.2, 0.25) is 10.0 Å². The quantitative estimate of drug-likeness (QED) is 0.310. The first kappa shape index (κ1) is 23.3. The number of aryl methyl sites for hydroxylation is 1. The van der Waals surface area contributed by atoms with Crippen LogP contribution in [0.3, 0.4) is 0 Å². The predicted molar refractivity (Wildman–Crippen MR) is 138 cm³/mol. The minimum Gasteiger partial charge on any atom is -0.452 e. The van der Waals surface area contributed by atoms with Gasteiger partial charge in [-0.2, -0.15) is 0 Å². The number of carbonyl (C=O) groups is 2. The molecule has 1 unspecified atom stereocenters. The van der Waals surface area contributed by atoms with Gasteiger partial charge in [-0.15, -0.1) is 0 Å². The molecule has 1 aromatic heterocycles. The summed E-state index contributed by atoms with van der Waals surface area (Å²) in [6.45, 7) is -0.464. The monoisotopic (exact) mass is 504 g/mol. The Labute approximate surface area is 213 Å². The lowest BCUT2D eigenvalue weighted by molar-refractivity contribution is -0.119. The summed E-state index contributed by atoms with van der Waals surface area (Å²) >= 11 is 12.3. The van der Waals surface area contributed by atoms with Crippen molar-refractivity contribution in [2.75, 3.05) is 11.9 Å². The van der Waals surface area contributed by atoms with Crippen LogP contribution in [0.4, 0.5) is 5.69 Å². The van der Waals surface area contributed by atoms with E-state index in [-0.39, 0.29) is 11.6 Å². The molecule has 0 bridgehead atoms. The Balaban J connectivity index is 1.42. The van der Waals surface area contributed by atoms with E-state index >= 15 is 0 Å². The zero-order chi connectivity index (χ0) is 24.4. The second kappa shape index (κ2) is 10.1. The highest BCUT2D eigenvalue weighted by molar-refractivity contribution is 6.39. The standard InChI is InChI=1S/C28H22Cl2N2O3/c29-21-10-6-11-22(30)27(21)32-25(33)16-35-28(34)26-19-9-4-5-12-23(19)31-24-14-13-18(15-20(24)26)17-7-2-1-3-8-17/h1-12,18H,13-16H2,(H,32,33). The smallest absolute Gasteiger partial charge is 0.339 e. The molecule has 1 atom stereocenters. The normalized spacial score (nSPS) is 14.9. The lowest BCUT2D eigenvalue weighted by Crippen LogP contribution is -2.24. The molecule has 0 saturated carbocycles. The van der Waals surface area contributed by atoms with Crippen molar-refractivity contribution in [1.29, 1.82) is 0 Å². The Hall–Kier alpha value is -3.41. The maximum Gasteiger partial charge on any atom is 0.339 e. The summed E-state index contributed by atoms with van der Waals surface area (Å²) in [5.74, 6) is -0.791. The van der Waals surface area contributed by atoms with E-state index in [1.54, 1.807) is 18.2 Å². The highest BCUT2D eigenvalue weighted by atomic mass is 35.5. The largest absolute Gasteiger partial charge is 0.452 e. The third-order valence-corrected chi connectivity index (χ3v) is 6.93. The van der Waals surface area contributed by atoms with Gasteiger partial charge in [-0.1, -0.05) is 77.8 Å². The molecule has 0 fully saturated rings. The molecule has 4 aromatic rings. The van der Waals surface area contributed by atoms with Crippen LogP contribution in [0.1, 0.15) is 39.5 Å². The number of esters is 1. The van der Waals surface area contributed by atoms with Crippen molar-refractivity contribution in [3.63, 3.8) is 0 Å². The molecule has 1 amide bonds. The van der Waals surface area contributed by atoms with Crippen LogP contribution in [0.5, 0.6) is 0 Å². The minimum atomic E-state index is -0.547. The molecule has 0 spiro atoms. The first-order valence-corrected chi connectivity index (χ1v) is 12.1. The van der Waals surface area contributed by atoms with Gasteiger partial charge in [-0.05, 0) is 54.5 Å². The van der Waals surface area contributed by atoms with Crippen LogP contribution in [0, 0.1) is 0 Å². The summed E-state index contributed by atoms with van der Waals surface area (Å²) in [7, 11) is 0. The molecule has 1 heterocycles. The number of amides is 1. The van der Waals surface area contributed by atoms with Gasteiger partial charge < -0.3 is 10.1 Å². The van der Waals surface area contributed by atoms with E-state index in [9.17, 15) is 9.59 Å². The van der Waals surface area contributed by atoms with E-state index in [2.05, 4.69) is 17.4 Å². The van der Waals surface area contributed by atoms with E-state index in [4.69, 9.17) is 32.9 Å². The Kier molecular flexibility index (Phi) is 6.71. The molecule has 0 aliphatic heterocycles. The number of rotatable bonds is 5. The Morgan fingerprint density at radius 2 is 1.66 bits per heavy atom. The van der Waals surface area contributed by atoms with E-state index < -0.39 is 18.5 Å². The number of benzene rings is 3. The SMILES string of the molecule is O=C(COC(=O)c1c2c(nc3ccccc13)CCC(c1ccccc1)C2)Nc1c(Cl)cccc1Cl. The Bertz CT molecular complexity index is 1400. The molecule has 0 radical (unpaired) electrons. The molecular formula is C28H22Cl2N2O3. The second-order valence-corrected chi connectivity index (χ2v) is 9.31. The minimum absolute atomic E-state index is 0.281. The molecule has 7 heteroatoms. The number of fused-ring (bicyclic) bond motifs is 2. The van der Waals surface area contributed by atoms with Gasteiger partial charge in [0, 0.05) is 11.1 Å². The second-order valence-electron chi connectivity index (χ2n) is 8.50. The summed E-state index contributed by atoms with van der Waals surface area (Å²) in [5.41, 5.74) is 4.55. The molecule has 0 saturated heterocycles. The predicted octanol–water partition coefficient (Wildman–Crippen LogP) is 6.61. The number of nitrogens with one attached hydrogen (secondary N) is 1. The zero-order valence-electron chi connectivity index (χ0n) is 18.8. The van der Waals surface area contributed by atoms with Crippen molar-refractivity contribution in [3.05, 3.63) is 105 Å². The summed E-state index contributed by atoms with van der Waals surface area (Å²) in [6.07, 6.45) is 2.41. The van der Waals surface area contributed by atoms with Gasteiger partial charge >= 0.3 is 5.97 Å². The lowest BCUT2D eigenvalue weighted by atomic mass is 9.80. The van der Waals surface area contributed by atoms with E-state index in [1.165, 1.54) is 5.56 Å². The first-order valence-electron chi connectivity index (χ1n) is 11.4. The summed E-state index contributed by atoms with van der Waals surface area (Å²) in [4.78, 5) is 30.7.